The van der Waals surface area contributed by atoms with Gasteiger partial charge in [-0.2, -0.15) is 0 Å². The highest BCUT2D eigenvalue weighted by Crippen LogP contribution is 2.24. The number of methoxy groups -OCH3 is 1. The molecule has 0 aliphatic heterocycles. The van der Waals surface area contributed by atoms with Crippen LogP contribution in [0.2, 0.25) is 0 Å². The van der Waals surface area contributed by atoms with Gasteiger partial charge in [-0.05, 0) is 62.4 Å². The summed E-state index contributed by atoms with van der Waals surface area (Å²) in [6, 6.07) is 5.07. The molecular formula is C14H21NO. The Morgan fingerprint density at radius 2 is 2.00 bits per heavy atom. The molecule has 1 fully saturated rings. The lowest BCUT2D eigenvalue weighted by atomic mass is 10.00. The van der Waals surface area contributed by atoms with Crippen LogP contribution in [-0.4, -0.2) is 19.7 Å². The standard InChI is InChI=1S/C14H21NO/c1-10-11(2)14(16-3)7-4-12(10)8-9-15-13-5-6-13/h4,7,13,15H,5-6,8-9H2,1-3H3. The number of benzene rings is 1. The van der Waals surface area contributed by atoms with E-state index in [2.05, 4.69) is 31.3 Å². The Kier molecular flexibility index (Phi) is 3.49. The van der Waals surface area contributed by atoms with Crippen molar-refractivity contribution in [3.63, 3.8) is 0 Å². The molecule has 0 spiro atoms. The van der Waals surface area contributed by atoms with Gasteiger partial charge in [-0.1, -0.05) is 6.07 Å². The average Bonchev–Trinajstić information content (AvgIpc) is 3.08. The van der Waals surface area contributed by atoms with Crippen molar-refractivity contribution in [2.75, 3.05) is 13.7 Å². The molecule has 88 valence electrons. The summed E-state index contributed by atoms with van der Waals surface area (Å²) in [5.74, 6) is 0.997. The molecule has 0 bridgehead atoms. The summed E-state index contributed by atoms with van der Waals surface area (Å²) in [6.07, 6.45) is 3.84. The van der Waals surface area contributed by atoms with Gasteiger partial charge in [0.25, 0.3) is 0 Å². The van der Waals surface area contributed by atoms with Gasteiger partial charge in [-0.15, -0.1) is 0 Å². The van der Waals surface area contributed by atoms with Crippen molar-refractivity contribution >= 4 is 0 Å². The quantitative estimate of drug-likeness (QED) is 0.822. The van der Waals surface area contributed by atoms with Gasteiger partial charge in [0, 0.05) is 6.04 Å². The second-order valence-electron chi connectivity index (χ2n) is 4.66. The normalized spacial score (nSPS) is 15.2. The van der Waals surface area contributed by atoms with Crippen LogP contribution in [0, 0.1) is 13.8 Å². The summed E-state index contributed by atoms with van der Waals surface area (Å²) in [5.41, 5.74) is 4.08. The molecule has 2 nitrogen and oxygen atoms in total. The third kappa shape index (κ3) is 2.56. The maximum Gasteiger partial charge on any atom is 0.122 e. The fourth-order valence-electron chi connectivity index (χ4n) is 2.04. The van der Waals surface area contributed by atoms with E-state index in [1.807, 2.05) is 0 Å². The van der Waals surface area contributed by atoms with E-state index in [1.165, 1.54) is 29.5 Å². The number of rotatable bonds is 5. The molecule has 1 aromatic rings. The van der Waals surface area contributed by atoms with Crippen molar-refractivity contribution in [1.29, 1.82) is 0 Å². The largest absolute Gasteiger partial charge is 0.496 e. The zero-order valence-electron chi connectivity index (χ0n) is 10.5. The maximum atomic E-state index is 5.32. The van der Waals surface area contributed by atoms with Crippen molar-refractivity contribution in [1.82, 2.24) is 5.32 Å². The van der Waals surface area contributed by atoms with Crippen molar-refractivity contribution in [2.45, 2.75) is 39.2 Å². The molecule has 0 amide bonds. The topological polar surface area (TPSA) is 21.3 Å². The molecule has 1 N–H and O–H groups in total. The molecule has 0 heterocycles. The van der Waals surface area contributed by atoms with Crippen LogP contribution in [0.25, 0.3) is 0 Å². The van der Waals surface area contributed by atoms with Crippen molar-refractivity contribution in [2.24, 2.45) is 0 Å². The Morgan fingerprint density at radius 1 is 1.25 bits per heavy atom. The van der Waals surface area contributed by atoms with E-state index in [1.54, 1.807) is 7.11 Å². The van der Waals surface area contributed by atoms with Crippen LogP contribution < -0.4 is 10.1 Å². The van der Waals surface area contributed by atoms with Gasteiger partial charge in [0.2, 0.25) is 0 Å². The fourth-order valence-corrected chi connectivity index (χ4v) is 2.04. The minimum Gasteiger partial charge on any atom is -0.496 e. The molecule has 2 rings (SSSR count). The van der Waals surface area contributed by atoms with Gasteiger partial charge < -0.3 is 10.1 Å². The fraction of sp³-hybridized carbons (Fsp3) is 0.571. The lowest BCUT2D eigenvalue weighted by molar-refractivity contribution is 0.411. The van der Waals surface area contributed by atoms with Crippen LogP contribution in [0.5, 0.6) is 5.75 Å². The predicted molar refractivity (Wildman–Crippen MR) is 67.2 cm³/mol. The first-order valence-electron chi connectivity index (χ1n) is 6.09. The van der Waals surface area contributed by atoms with Crippen LogP contribution in [0.15, 0.2) is 12.1 Å². The molecule has 0 saturated heterocycles. The van der Waals surface area contributed by atoms with E-state index in [-0.39, 0.29) is 0 Å². The van der Waals surface area contributed by atoms with Crippen LogP contribution in [-0.2, 0) is 6.42 Å². The van der Waals surface area contributed by atoms with Crippen molar-refractivity contribution in [3.05, 3.63) is 28.8 Å². The summed E-state index contributed by atoms with van der Waals surface area (Å²) < 4.78 is 5.32. The minimum absolute atomic E-state index is 0.805. The zero-order valence-corrected chi connectivity index (χ0v) is 10.5. The Morgan fingerprint density at radius 3 is 2.62 bits per heavy atom. The van der Waals surface area contributed by atoms with Crippen LogP contribution in [0.1, 0.15) is 29.5 Å². The highest BCUT2D eigenvalue weighted by Gasteiger charge is 2.19. The first-order chi connectivity index (χ1) is 7.72. The van der Waals surface area contributed by atoms with E-state index in [0.717, 1.165) is 24.8 Å². The molecule has 16 heavy (non-hydrogen) atoms. The van der Waals surface area contributed by atoms with Gasteiger partial charge in [0.15, 0.2) is 0 Å². The molecule has 0 atom stereocenters. The second kappa shape index (κ2) is 4.88. The summed E-state index contributed by atoms with van der Waals surface area (Å²) >= 11 is 0. The predicted octanol–water partition coefficient (Wildman–Crippen LogP) is 2.61. The lowest BCUT2D eigenvalue weighted by Gasteiger charge is -2.12. The third-order valence-corrected chi connectivity index (χ3v) is 3.47. The van der Waals surface area contributed by atoms with E-state index < -0.39 is 0 Å². The molecule has 0 aromatic heterocycles. The Balaban J connectivity index is 1.99. The SMILES string of the molecule is COc1ccc(CCNC2CC2)c(C)c1C. The molecule has 1 aliphatic rings. The Hall–Kier alpha value is -1.02. The highest BCUT2D eigenvalue weighted by atomic mass is 16.5. The maximum absolute atomic E-state index is 5.32. The number of nitrogens with one attached hydrogen (secondary N) is 1. The molecule has 1 aliphatic carbocycles. The third-order valence-electron chi connectivity index (χ3n) is 3.47. The number of hydrogen-bond donors (Lipinski definition) is 1. The zero-order chi connectivity index (χ0) is 11.5. The van der Waals surface area contributed by atoms with Gasteiger partial charge >= 0.3 is 0 Å². The van der Waals surface area contributed by atoms with Crippen molar-refractivity contribution < 1.29 is 4.74 Å². The van der Waals surface area contributed by atoms with Crippen LogP contribution in [0.3, 0.4) is 0 Å². The average molecular weight is 219 g/mol. The summed E-state index contributed by atoms with van der Waals surface area (Å²) in [7, 11) is 1.73. The molecule has 0 unspecified atom stereocenters. The van der Waals surface area contributed by atoms with Crippen molar-refractivity contribution in [3.8, 4) is 5.75 Å². The van der Waals surface area contributed by atoms with Crippen LogP contribution >= 0.6 is 0 Å². The number of hydrogen-bond acceptors (Lipinski definition) is 2. The van der Waals surface area contributed by atoms with E-state index in [0.29, 0.717) is 0 Å². The summed E-state index contributed by atoms with van der Waals surface area (Å²) in [4.78, 5) is 0. The summed E-state index contributed by atoms with van der Waals surface area (Å²) in [5, 5.41) is 3.55. The van der Waals surface area contributed by atoms with Crippen LogP contribution in [0.4, 0.5) is 0 Å². The molecule has 0 radical (unpaired) electrons. The Labute approximate surface area is 98.0 Å². The van der Waals surface area contributed by atoms with Gasteiger partial charge in [-0.25, -0.2) is 0 Å². The van der Waals surface area contributed by atoms with E-state index in [4.69, 9.17) is 4.74 Å². The van der Waals surface area contributed by atoms with Gasteiger partial charge in [0.1, 0.15) is 5.75 Å². The second-order valence-corrected chi connectivity index (χ2v) is 4.66. The first kappa shape index (κ1) is 11.5. The van der Waals surface area contributed by atoms with Gasteiger partial charge in [-0.3, -0.25) is 0 Å². The molecule has 2 heteroatoms. The highest BCUT2D eigenvalue weighted by molar-refractivity contribution is 5.43. The molecule has 1 saturated carbocycles. The summed E-state index contributed by atoms with van der Waals surface area (Å²) in [6.45, 7) is 5.41. The molecular weight excluding hydrogens is 198 g/mol. The minimum atomic E-state index is 0.805. The lowest BCUT2D eigenvalue weighted by Crippen LogP contribution is -2.19. The Bertz CT molecular complexity index is 369. The molecule has 1 aromatic carbocycles. The number of ether oxygens (including phenoxy) is 1. The first-order valence-corrected chi connectivity index (χ1v) is 6.09. The monoisotopic (exact) mass is 219 g/mol. The van der Waals surface area contributed by atoms with E-state index in [9.17, 15) is 0 Å². The van der Waals surface area contributed by atoms with Gasteiger partial charge in [0.05, 0.1) is 7.11 Å². The van der Waals surface area contributed by atoms with E-state index >= 15 is 0 Å². The smallest absolute Gasteiger partial charge is 0.122 e.